The number of carbonyl (C=O) groups excluding carboxylic acids is 1. The van der Waals surface area contributed by atoms with Crippen LogP contribution in [0.25, 0.3) is 11.2 Å². The maximum absolute atomic E-state index is 12.0. The van der Waals surface area contributed by atoms with E-state index in [0.717, 1.165) is 0 Å². The molecule has 0 aliphatic rings. The summed E-state index contributed by atoms with van der Waals surface area (Å²) in [5, 5.41) is 12.6. The number of aromatic hydroxyl groups is 1. The molecule has 4 N–H and O–H groups in total. The van der Waals surface area contributed by atoms with Gasteiger partial charge in [0.05, 0.1) is 5.69 Å². The zero-order chi connectivity index (χ0) is 18.1. The fourth-order valence-electron chi connectivity index (χ4n) is 2.32. The Hall–Kier alpha value is -3.07. The van der Waals surface area contributed by atoms with E-state index in [1.165, 1.54) is 29.8 Å². The summed E-state index contributed by atoms with van der Waals surface area (Å²) < 4.78 is 1.21. The quantitative estimate of drug-likeness (QED) is 0.511. The molecule has 0 aliphatic carbocycles. The molecule has 0 spiro atoms. The van der Waals surface area contributed by atoms with Gasteiger partial charge < -0.3 is 15.4 Å². The lowest BCUT2D eigenvalue weighted by atomic mass is 10.2. The number of aryl methyl sites for hydroxylation is 2. The number of hydrogen-bond acceptors (Lipinski definition) is 5. The zero-order valence-corrected chi connectivity index (χ0v) is 13.8. The van der Waals surface area contributed by atoms with E-state index in [0.29, 0.717) is 10.8 Å². The van der Waals surface area contributed by atoms with Gasteiger partial charge in [0.15, 0.2) is 5.65 Å². The molecule has 0 saturated heterocycles. The van der Waals surface area contributed by atoms with E-state index >= 15 is 0 Å². The lowest BCUT2D eigenvalue weighted by Crippen LogP contribution is -2.28. The number of H-pyrrole nitrogens is 2. The Morgan fingerprint density at radius 2 is 2.12 bits per heavy atom. The normalized spacial score (nSPS) is 11.0. The van der Waals surface area contributed by atoms with E-state index in [1.54, 1.807) is 0 Å². The van der Waals surface area contributed by atoms with Gasteiger partial charge >= 0.3 is 5.69 Å². The number of aromatic amines is 2. The summed E-state index contributed by atoms with van der Waals surface area (Å²) in [6, 6.07) is 4.32. The van der Waals surface area contributed by atoms with Crippen molar-refractivity contribution in [3.63, 3.8) is 0 Å². The van der Waals surface area contributed by atoms with Gasteiger partial charge in [0, 0.05) is 24.9 Å². The summed E-state index contributed by atoms with van der Waals surface area (Å²) in [6.07, 6.45) is 0.271. The van der Waals surface area contributed by atoms with Crippen LogP contribution in [0.15, 0.2) is 27.8 Å². The van der Waals surface area contributed by atoms with E-state index in [1.807, 2.05) is 0 Å². The number of nitrogens with zero attached hydrogens (tertiary/aromatic N) is 2. The summed E-state index contributed by atoms with van der Waals surface area (Å²) in [7, 11) is 1.49. The van der Waals surface area contributed by atoms with E-state index in [9.17, 15) is 19.5 Å². The molecule has 2 heterocycles. The number of anilines is 1. The number of carbonyl (C=O) groups is 1. The standard InChI is InChI=1S/C15H14ClN5O4/c1-21-13-12(14(24)20-15(21)25)18-10(19-13)4-5-11(23)17-8-6-7(16)2-3-9(8)22/h2-3,6,22H,4-5H2,1H3,(H,17,23)(H,18,19)(H,20,24,25). The molecule has 10 heteroatoms. The van der Waals surface area contributed by atoms with Gasteiger partial charge in [-0.1, -0.05) is 11.6 Å². The third kappa shape index (κ3) is 3.41. The molecule has 0 fully saturated rings. The molecule has 9 nitrogen and oxygen atoms in total. The molecule has 0 aliphatic heterocycles. The predicted octanol–water partition coefficient (Wildman–Crippen LogP) is 0.880. The van der Waals surface area contributed by atoms with Crippen molar-refractivity contribution in [3.05, 3.63) is 49.9 Å². The second kappa shape index (κ2) is 6.44. The van der Waals surface area contributed by atoms with E-state index in [4.69, 9.17) is 11.6 Å². The number of amides is 1. The first-order chi connectivity index (χ1) is 11.8. The summed E-state index contributed by atoms with van der Waals surface area (Å²) in [5.74, 6) is -0.0593. The molecule has 25 heavy (non-hydrogen) atoms. The molecule has 1 aromatic carbocycles. The third-order valence-electron chi connectivity index (χ3n) is 3.63. The minimum atomic E-state index is -0.565. The number of benzene rings is 1. The molecule has 0 saturated carbocycles. The Labute approximate surface area is 145 Å². The maximum atomic E-state index is 12.0. The Kier molecular flexibility index (Phi) is 4.32. The number of halogens is 1. The lowest BCUT2D eigenvalue weighted by molar-refractivity contribution is -0.116. The smallest absolute Gasteiger partial charge is 0.329 e. The molecule has 1 amide bonds. The number of fused-ring (bicyclic) bond motifs is 1. The van der Waals surface area contributed by atoms with Crippen molar-refractivity contribution in [2.45, 2.75) is 12.8 Å². The zero-order valence-electron chi connectivity index (χ0n) is 13.1. The van der Waals surface area contributed by atoms with Crippen LogP contribution >= 0.6 is 11.6 Å². The van der Waals surface area contributed by atoms with Crippen LogP contribution in [0.4, 0.5) is 5.69 Å². The van der Waals surface area contributed by atoms with E-state index in [-0.39, 0.29) is 41.3 Å². The Morgan fingerprint density at radius 3 is 2.88 bits per heavy atom. The van der Waals surface area contributed by atoms with Crippen molar-refractivity contribution in [3.8, 4) is 5.75 Å². The summed E-state index contributed by atoms with van der Waals surface area (Å²) in [4.78, 5) is 44.5. The maximum Gasteiger partial charge on any atom is 0.329 e. The number of aromatic nitrogens is 4. The van der Waals surface area contributed by atoms with Gasteiger partial charge in [0.25, 0.3) is 5.56 Å². The van der Waals surface area contributed by atoms with Crippen LogP contribution in [0, 0.1) is 0 Å². The van der Waals surface area contributed by atoms with Crippen LogP contribution in [-0.2, 0) is 18.3 Å². The molecule has 130 valence electrons. The highest BCUT2D eigenvalue weighted by Gasteiger charge is 2.13. The number of rotatable bonds is 4. The van der Waals surface area contributed by atoms with Gasteiger partial charge in [-0.15, -0.1) is 0 Å². The van der Waals surface area contributed by atoms with Crippen molar-refractivity contribution < 1.29 is 9.90 Å². The second-order valence-corrected chi connectivity index (χ2v) is 5.85. The Morgan fingerprint density at radius 1 is 1.36 bits per heavy atom. The number of phenols is 1. The molecular weight excluding hydrogens is 350 g/mol. The number of phenolic OH excluding ortho intramolecular Hbond substituents is 1. The predicted molar refractivity (Wildman–Crippen MR) is 92.0 cm³/mol. The number of hydrogen-bond donors (Lipinski definition) is 4. The Bertz CT molecular complexity index is 1080. The van der Waals surface area contributed by atoms with Crippen LogP contribution in [0.5, 0.6) is 5.75 Å². The fraction of sp³-hybridized carbons (Fsp3) is 0.200. The first-order valence-corrected chi connectivity index (χ1v) is 7.69. The highest BCUT2D eigenvalue weighted by Crippen LogP contribution is 2.26. The first-order valence-electron chi connectivity index (χ1n) is 7.31. The van der Waals surface area contributed by atoms with Crippen molar-refractivity contribution >= 4 is 34.4 Å². The largest absolute Gasteiger partial charge is 0.506 e. The van der Waals surface area contributed by atoms with Gasteiger partial charge in [-0.2, -0.15) is 0 Å². The summed E-state index contributed by atoms with van der Waals surface area (Å²) >= 11 is 5.82. The van der Waals surface area contributed by atoms with Crippen LogP contribution in [0.3, 0.4) is 0 Å². The monoisotopic (exact) mass is 363 g/mol. The second-order valence-electron chi connectivity index (χ2n) is 5.41. The van der Waals surface area contributed by atoms with Crippen molar-refractivity contribution in [1.29, 1.82) is 0 Å². The average molecular weight is 364 g/mol. The summed E-state index contributed by atoms with van der Waals surface area (Å²) in [6.45, 7) is 0. The molecule has 0 atom stereocenters. The van der Waals surface area contributed by atoms with Gasteiger partial charge in [-0.25, -0.2) is 9.78 Å². The molecule has 0 unspecified atom stereocenters. The minimum absolute atomic E-state index is 0.0532. The molecule has 3 rings (SSSR count). The van der Waals surface area contributed by atoms with Gasteiger partial charge in [-0.05, 0) is 18.2 Å². The first kappa shape index (κ1) is 16.8. The van der Waals surface area contributed by atoms with Crippen LogP contribution in [-0.4, -0.2) is 30.5 Å². The Balaban J connectivity index is 1.74. The third-order valence-corrected chi connectivity index (χ3v) is 3.86. The molecule has 0 bridgehead atoms. The van der Waals surface area contributed by atoms with Gasteiger partial charge in [-0.3, -0.25) is 19.1 Å². The average Bonchev–Trinajstić information content (AvgIpc) is 2.99. The van der Waals surface area contributed by atoms with Crippen molar-refractivity contribution in [2.24, 2.45) is 7.05 Å². The molecule has 3 aromatic rings. The van der Waals surface area contributed by atoms with Gasteiger partial charge in [0.1, 0.15) is 17.1 Å². The lowest BCUT2D eigenvalue weighted by Gasteiger charge is -2.07. The SMILES string of the molecule is Cn1c(=O)[nH]c(=O)c2[nH]c(CCC(=O)Nc3cc(Cl)ccc3O)nc21. The van der Waals surface area contributed by atoms with Crippen LogP contribution in [0.1, 0.15) is 12.2 Å². The van der Waals surface area contributed by atoms with E-state index in [2.05, 4.69) is 20.3 Å². The van der Waals surface area contributed by atoms with Crippen molar-refractivity contribution in [1.82, 2.24) is 19.5 Å². The summed E-state index contributed by atoms with van der Waals surface area (Å²) in [5.41, 5.74) is -0.530. The number of nitrogens with one attached hydrogen (secondary N) is 3. The van der Waals surface area contributed by atoms with E-state index < -0.39 is 11.2 Å². The fourth-order valence-corrected chi connectivity index (χ4v) is 2.50. The number of imidazole rings is 1. The van der Waals surface area contributed by atoms with Crippen LogP contribution in [0.2, 0.25) is 5.02 Å². The van der Waals surface area contributed by atoms with Gasteiger partial charge in [0.2, 0.25) is 5.91 Å². The highest BCUT2D eigenvalue weighted by molar-refractivity contribution is 6.31. The molecule has 2 aromatic heterocycles. The van der Waals surface area contributed by atoms with Crippen molar-refractivity contribution in [2.75, 3.05) is 5.32 Å². The topological polar surface area (TPSA) is 133 Å². The molecular formula is C15H14ClN5O4. The minimum Gasteiger partial charge on any atom is -0.506 e. The molecule has 0 radical (unpaired) electrons. The van der Waals surface area contributed by atoms with Crippen LogP contribution < -0.4 is 16.6 Å². The highest BCUT2D eigenvalue weighted by atomic mass is 35.5.